The molecule has 26 heavy (non-hydrogen) atoms. The Morgan fingerprint density at radius 3 is 2.62 bits per heavy atom. The highest BCUT2D eigenvalue weighted by Crippen LogP contribution is 2.60. The van der Waals surface area contributed by atoms with Crippen LogP contribution in [0.4, 0.5) is 0 Å². The number of amides is 1. The third kappa shape index (κ3) is 2.44. The zero-order valence-corrected chi connectivity index (χ0v) is 15.3. The zero-order chi connectivity index (χ0) is 17.9. The summed E-state index contributed by atoms with van der Waals surface area (Å²) in [7, 11) is 0. The average molecular weight is 352 g/mol. The fourth-order valence-corrected chi connectivity index (χ4v) is 6.22. The number of hydrogen-bond acceptors (Lipinski definition) is 5. The van der Waals surface area contributed by atoms with Gasteiger partial charge in [0, 0.05) is 11.2 Å². The maximum atomic E-state index is 13.0. The minimum absolute atomic E-state index is 0.00533. The van der Waals surface area contributed by atoms with Crippen molar-refractivity contribution in [2.75, 3.05) is 0 Å². The first-order valence-electron chi connectivity index (χ1n) is 9.45. The van der Waals surface area contributed by atoms with Gasteiger partial charge < -0.3 is 5.32 Å². The first-order valence-corrected chi connectivity index (χ1v) is 9.45. The van der Waals surface area contributed by atoms with Gasteiger partial charge >= 0.3 is 0 Å². The van der Waals surface area contributed by atoms with E-state index in [1.807, 2.05) is 20.2 Å². The predicted octanol–water partition coefficient (Wildman–Crippen LogP) is 2.16. The summed E-state index contributed by atoms with van der Waals surface area (Å²) in [5.74, 6) is 1.86. The van der Waals surface area contributed by atoms with Crippen molar-refractivity contribution in [1.29, 1.82) is 0 Å². The molecule has 7 heteroatoms. The first-order chi connectivity index (χ1) is 12.5. The van der Waals surface area contributed by atoms with Crippen molar-refractivity contribution in [1.82, 2.24) is 30.0 Å². The SMILES string of the molecule is Cc1cc(C(=O)NC23CC4CC(C2)CC(n2cncn2)(C4)C3)nc(C)n1. The summed E-state index contributed by atoms with van der Waals surface area (Å²) in [6.45, 7) is 3.73. The van der Waals surface area contributed by atoms with E-state index in [1.54, 1.807) is 12.4 Å². The number of hydrogen-bond donors (Lipinski definition) is 1. The van der Waals surface area contributed by atoms with Crippen molar-refractivity contribution in [3.05, 3.63) is 35.9 Å². The number of aryl methyl sites for hydroxylation is 2. The summed E-state index contributed by atoms with van der Waals surface area (Å²) in [6, 6.07) is 1.77. The fraction of sp³-hybridized carbons (Fsp3) is 0.632. The van der Waals surface area contributed by atoms with Gasteiger partial charge in [-0.1, -0.05) is 0 Å². The van der Waals surface area contributed by atoms with Crippen LogP contribution in [-0.2, 0) is 5.54 Å². The normalized spacial score (nSPS) is 34.8. The summed E-state index contributed by atoms with van der Waals surface area (Å²) < 4.78 is 2.06. The van der Waals surface area contributed by atoms with E-state index in [4.69, 9.17) is 0 Å². The Labute approximate surface area is 152 Å². The fourth-order valence-electron chi connectivity index (χ4n) is 6.22. The lowest BCUT2D eigenvalue weighted by atomic mass is 9.50. The van der Waals surface area contributed by atoms with Gasteiger partial charge in [-0.15, -0.1) is 0 Å². The van der Waals surface area contributed by atoms with Crippen LogP contribution < -0.4 is 5.32 Å². The van der Waals surface area contributed by atoms with Crippen LogP contribution in [-0.4, -0.2) is 36.2 Å². The van der Waals surface area contributed by atoms with E-state index in [-0.39, 0.29) is 17.0 Å². The third-order valence-electron chi connectivity index (χ3n) is 6.51. The molecule has 4 fully saturated rings. The molecule has 6 rings (SSSR count). The highest BCUT2D eigenvalue weighted by molar-refractivity contribution is 5.93. The molecule has 0 radical (unpaired) electrons. The highest BCUT2D eigenvalue weighted by Gasteiger charge is 2.59. The lowest BCUT2D eigenvalue weighted by molar-refractivity contribution is -0.0744. The van der Waals surface area contributed by atoms with Crippen molar-refractivity contribution >= 4 is 5.91 Å². The Bertz CT molecular complexity index is 827. The largest absolute Gasteiger partial charge is 0.345 e. The van der Waals surface area contributed by atoms with Crippen LogP contribution >= 0.6 is 0 Å². The van der Waals surface area contributed by atoms with Gasteiger partial charge in [0.15, 0.2) is 0 Å². The van der Waals surface area contributed by atoms with E-state index in [9.17, 15) is 4.79 Å². The van der Waals surface area contributed by atoms with Crippen LogP contribution in [0.25, 0.3) is 0 Å². The molecule has 136 valence electrons. The quantitative estimate of drug-likeness (QED) is 0.915. The van der Waals surface area contributed by atoms with Gasteiger partial charge in [0.05, 0.1) is 5.54 Å². The number of nitrogens with zero attached hydrogens (tertiary/aromatic N) is 5. The summed E-state index contributed by atoms with van der Waals surface area (Å²) >= 11 is 0. The second kappa shape index (κ2) is 5.34. The summed E-state index contributed by atoms with van der Waals surface area (Å²) in [4.78, 5) is 25.8. The number of rotatable bonds is 3. The minimum atomic E-state index is -0.153. The van der Waals surface area contributed by atoms with Gasteiger partial charge in [-0.2, -0.15) is 5.10 Å². The van der Waals surface area contributed by atoms with Gasteiger partial charge in [0.25, 0.3) is 5.91 Å². The van der Waals surface area contributed by atoms with Crippen LogP contribution in [0, 0.1) is 25.7 Å². The van der Waals surface area contributed by atoms with E-state index < -0.39 is 0 Å². The van der Waals surface area contributed by atoms with Crippen molar-refractivity contribution in [3.63, 3.8) is 0 Å². The molecule has 2 heterocycles. The standard InChI is InChI=1S/C19H24N6O/c1-12-3-16(23-13(2)22-12)17(26)24-18-5-14-4-15(6-18)8-19(7-14,9-18)25-11-20-10-21-25/h3,10-11,14-15H,4-9H2,1-2H3,(H,24,26). The number of aromatic nitrogens is 5. The number of carbonyl (C=O) groups excluding carboxylic acids is 1. The van der Waals surface area contributed by atoms with Crippen LogP contribution in [0.15, 0.2) is 18.7 Å². The predicted molar refractivity (Wildman–Crippen MR) is 94.4 cm³/mol. The highest BCUT2D eigenvalue weighted by atomic mass is 16.2. The molecule has 1 amide bonds. The molecule has 0 aromatic carbocycles. The molecule has 4 aliphatic carbocycles. The van der Waals surface area contributed by atoms with Crippen molar-refractivity contribution < 1.29 is 4.79 Å². The molecule has 7 nitrogen and oxygen atoms in total. The third-order valence-corrected chi connectivity index (χ3v) is 6.51. The van der Waals surface area contributed by atoms with Gasteiger partial charge in [-0.25, -0.2) is 19.6 Å². The van der Waals surface area contributed by atoms with E-state index in [0.29, 0.717) is 23.4 Å². The molecule has 2 aromatic rings. The Kier molecular flexibility index (Phi) is 3.27. The smallest absolute Gasteiger partial charge is 0.270 e. The van der Waals surface area contributed by atoms with E-state index >= 15 is 0 Å². The monoisotopic (exact) mass is 352 g/mol. The molecule has 2 unspecified atom stereocenters. The summed E-state index contributed by atoms with van der Waals surface area (Å²) in [5.41, 5.74) is 1.15. The van der Waals surface area contributed by atoms with Gasteiger partial charge in [-0.05, 0) is 70.3 Å². The Morgan fingerprint density at radius 1 is 1.19 bits per heavy atom. The number of carbonyl (C=O) groups is 1. The van der Waals surface area contributed by atoms with Gasteiger partial charge in [-0.3, -0.25) is 4.79 Å². The second-order valence-corrected chi connectivity index (χ2v) is 8.70. The molecule has 0 saturated heterocycles. The summed E-state index contributed by atoms with van der Waals surface area (Å²) in [5, 5.41) is 7.86. The van der Waals surface area contributed by atoms with E-state index in [2.05, 4.69) is 30.0 Å². The first kappa shape index (κ1) is 15.9. The van der Waals surface area contributed by atoms with Gasteiger partial charge in [0.1, 0.15) is 24.2 Å². The van der Waals surface area contributed by atoms with Gasteiger partial charge in [0.2, 0.25) is 0 Å². The number of nitrogens with one attached hydrogen (secondary N) is 1. The van der Waals surface area contributed by atoms with Crippen LogP contribution in [0.5, 0.6) is 0 Å². The maximum absolute atomic E-state index is 13.0. The molecule has 0 aliphatic heterocycles. The van der Waals surface area contributed by atoms with Crippen LogP contribution in [0.1, 0.15) is 60.5 Å². The molecule has 4 saturated carbocycles. The summed E-state index contributed by atoms with van der Waals surface area (Å²) in [6.07, 6.45) is 10.1. The molecule has 1 N–H and O–H groups in total. The molecule has 2 atom stereocenters. The Morgan fingerprint density at radius 2 is 1.96 bits per heavy atom. The lowest BCUT2D eigenvalue weighted by Gasteiger charge is -2.61. The van der Waals surface area contributed by atoms with E-state index in [1.165, 1.54) is 6.42 Å². The minimum Gasteiger partial charge on any atom is -0.345 e. The molecule has 4 bridgehead atoms. The second-order valence-electron chi connectivity index (χ2n) is 8.70. The molecule has 2 aromatic heterocycles. The van der Waals surface area contributed by atoms with Crippen molar-refractivity contribution in [2.24, 2.45) is 11.8 Å². The molecular weight excluding hydrogens is 328 g/mol. The average Bonchev–Trinajstić information content (AvgIpc) is 3.07. The van der Waals surface area contributed by atoms with Crippen LogP contribution in [0.3, 0.4) is 0 Å². The molecular formula is C19H24N6O. The maximum Gasteiger partial charge on any atom is 0.270 e. The topological polar surface area (TPSA) is 85.6 Å². The molecule has 0 spiro atoms. The Hall–Kier alpha value is -2.31. The lowest BCUT2D eigenvalue weighted by Crippen LogP contribution is -2.66. The van der Waals surface area contributed by atoms with Crippen LogP contribution in [0.2, 0.25) is 0 Å². The molecule has 4 aliphatic rings. The Balaban J connectivity index is 1.46. The van der Waals surface area contributed by atoms with E-state index in [0.717, 1.165) is 37.8 Å². The zero-order valence-electron chi connectivity index (χ0n) is 15.3. The van der Waals surface area contributed by atoms with Crippen molar-refractivity contribution in [3.8, 4) is 0 Å². The van der Waals surface area contributed by atoms with Crippen molar-refractivity contribution in [2.45, 2.75) is 63.5 Å².